The Balaban J connectivity index is 0.00000107. The Morgan fingerprint density at radius 3 is 2.35 bits per heavy atom. The average Bonchev–Trinajstić information content (AvgIpc) is 2.82. The van der Waals surface area contributed by atoms with Gasteiger partial charge in [0.1, 0.15) is 0 Å². The van der Waals surface area contributed by atoms with Crippen LogP contribution in [-0.4, -0.2) is 28.2 Å². The number of anilines is 1. The molecule has 168 valence electrons. The Labute approximate surface area is 198 Å². The first-order valence-electron chi connectivity index (χ1n) is 10.5. The molecule has 3 rings (SSSR count). The van der Waals surface area contributed by atoms with Crippen LogP contribution in [0.5, 0.6) is 0 Å². The van der Waals surface area contributed by atoms with E-state index in [0.29, 0.717) is 4.90 Å². The van der Waals surface area contributed by atoms with E-state index >= 15 is 0 Å². The molecule has 0 fully saturated rings. The summed E-state index contributed by atoms with van der Waals surface area (Å²) in [6.07, 6.45) is 7.69. The lowest BCUT2D eigenvalue weighted by atomic mass is 9.96. The zero-order valence-corrected chi connectivity index (χ0v) is 20.9. The highest BCUT2D eigenvalue weighted by atomic mass is 127. The van der Waals surface area contributed by atoms with E-state index in [1.807, 2.05) is 36.4 Å². The van der Waals surface area contributed by atoms with E-state index in [1.165, 1.54) is 36.4 Å². The van der Waals surface area contributed by atoms with Gasteiger partial charge in [-0.2, -0.15) is 9.59 Å². The molecule has 0 aromatic heterocycles. The van der Waals surface area contributed by atoms with Gasteiger partial charge in [0.15, 0.2) is 0 Å². The maximum Gasteiger partial charge on any atom is 0.373 e. The van der Waals surface area contributed by atoms with Crippen LogP contribution in [0.4, 0.5) is 5.69 Å². The van der Waals surface area contributed by atoms with Gasteiger partial charge < -0.3 is 5.32 Å². The third-order valence-electron chi connectivity index (χ3n) is 5.39. The summed E-state index contributed by atoms with van der Waals surface area (Å²) in [4.78, 5) is 16.7. The number of carbonyl (C=O) groups excluding carboxylic acids is 2. The smallest absolute Gasteiger partial charge is 0.306 e. The van der Waals surface area contributed by atoms with Gasteiger partial charge in [-0.3, -0.25) is 4.31 Å². The summed E-state index contributed by atoms with van der Waals surface area (Å²) in [5, 5.41) is 3.65. The van der Waals surface area contributed by atoms with Crippen molar-refractivity contribution in [3.05, 3.63) is 57.2 Å². The number of fused-ring (bicyclic) bond motifs is 2. The molecule has 1 aliphatic heterocycles. The zero-order valence-electron chi connectivity index (χ0n) is 17.9. The lowest BCUT2D eigenvalue weighted by molar-refractivity contribution is -0.191. The van der Waals surface area contributed by atoms with Crippen LogP contribution in [0.25, 0.3) is 0 Å². The number of hydrogen-bond acceptors (Lipinski definition) is 5. The van der Waals surface area contributed by atoms with Crippen LogP contribution in [0, 0.1) is 3.57 Å². The van der Waals surface area contributed by atoms with Gasteiger partial charge in [-0.05, 0) is 64.9 Å². The van der Waals surface area contributed by atoms with E-state index in [1.54, 1.807) is 13.1 Å². The van der Waals surface area contributed by atoms with E-state index in [0.717, 1.165) is 33.4 Å². The number of unbranched alkanes of at least 4 members (excludes halogenated alkanes) is 5. The van der Waals surface area contributed by atoms with E-state index in [4.69, 9.17) is 9.59 Å². The van der Waals surface area contributed by atoms with Crippen molar-refractivity contribution < 1.29 is 18.0 Å². The van der Waals surface area contributed by atoms with Crippen LogP contribution >= 0.6 is 22.6 Å². The standard InChI is InChI=1S/C22H29IN2O2S.CO2/c1-3-4-5-6-7-10-15-24-22-18-11-8-9-12-20(18)25(2)28(26,27)21-16-17(23)13-14-19(21)22;2-1-3/h8-9,11-14,16,22,24H,3-7,10,15H2,1-2H3;. The molecule has 2 aromatic carbocycles. The fourth-order valence-electron chi connectivity index (χ4n) is 3.80. The Kier molecular flexibility index (Phi) is 10.2. The highest BCUT2D eigenvalue weighted by Gasteiger charge is 2.34. The van der Waals surface area contributed by atoms with Crippen LogP contribution in [0.2, 0.25) is 0 Å². The number of nitrogens with one attached hydrogen (secondary N) is 1. The van der Waals surface area contributed by atoms with E-state index in [9.17, 15) is 8.42 Å². The Morgan fingerprint density at radius 2 is 1.65 bits per heavy atom. The quantitative estimate of drug-likeness (QED) is 0.370. The minimum Gasteiger partial charge on any atom is -0.306 e. The number of para-hydroxylation sites is 1. The van der Waals surface area contributed by atoms with Crippen molar-refractivity contribution in [1.29, 1.82) is 0 Å². The Hall–Kier alpha value is -1.74. The van der Waals surface area contributed by atoms with Crippen molar-refractivity contribution >= 4 is 44.5 Å². The molecule has 6 nitrogen and oxygen atoms in total. The van der Waals surface area contributed by atoms with Gasteiger partial charge >= 0.3 is 6.15 Å². The molecule has 0 radical (unpaired) electrons. The number of sulfonamides is 1. The normalized spacial score (nSPS) is 16.2. The molecule has 0 saturated carbocycles. The van der Waals surface area contributed by atoms with E-state index in [2.05, 4.69) is 34.8 Å². The first kappa shape index (κ1) is 25.5. The molecular weight excluding hydrogens is 527 g/mol. The lowest BCUT2D eigenvalue weighted by Gasteiger charge is -2.22. The average molecular weight is 556 g/mol. The SMILES string of the molecule is CCCCCCCCNC1c2ccccc2N(C)S(=O)(=O)c2cc(I)ccc21.O=C=O. The fraction of sp³-hybridized carbons (Fsp3) is 0.435. The highest BCUT2D eigenvalue weighted by molar-refractivity contribution is 14.1. The van der Waals surface area contributed by atoms with Gasteiger partial charge in [0.2, 0.25) is 0 Å². The summed E-state index contributed by atoms with van der Waals surface area (Å²) in [6, 6.07) is 13.4. The fourth-order valence-corrected chi connectivity index (χ4v) is 5.99. The van der Waals surface area contributed by atoms with E-state index in [-0.39, 0.29) is 12.2 Å². The maximum atomic E-state index is 13.3. The van der Waals surface area contributed by atoms with Crippen LogP contribution in [-0.2, 0) is 19.6 Å². The molecule has 8 heteroatoms. The predicted molar refractivity (Wildman–Crippen MR) is 129 cm³/mol. The molecule has 0 amide bonds. The molecular formula is C23H29IN2O4S. The third kappa shape index (κ3) is 6.38. The van der Waals surface area contributed by atoms with Gasteiger partial charge in [-0.1, -0.05) is 63.3 Å². The van der Waals surface area contributed by atoms with Crippen molar-refractivity contribution in [3.8, 4) is 0 Å². The minimum atomic E-state index is -3.58. The summed E-state index contributed by atoms with van der Waals surface area (Å²) in [5.74, 6) is 0. The van der Waals surface area contributed by atoms with Crippen LogP contribution in [0.3, 0.4) is 0 Å². The van der Waals surface area contributed by atoms with E-state index < -0.39 is 10.0 Å². The molecule has 1 unspecified atom stereocenters. The first-order valence-corrected chi connectivity index (χ1v) is 13.0. The zero-order chi connectivity index (χ0) is 22.9. The van der Waals surface area contributed by atoms with Crippen LogP contribution in [0.1, 0.15) is 62.6 Å². The number of nitrogens with zero attached hydrogens (tertiary/aromatic N) is 1. The molecule has 2 aromatic rings. The Morgan fingerprint density at radius 1 is 1.00 bits per heavy atom. The van der Waals surface area contributed by atoms with Gasteiger partial charge in [0, 0.05) is 10.6 Å². The molecule has 0 aliphatic carbocycles. The number of hydrogen-bond donors (Lipinski definition) is 1. The number of halogens is 1. The van der Waals surface area contributed by atoms with Gasteiger partial charge in [-0.25, -0.2) is 8.42 Å². The molecule has 1 N–H and O–H groups in total. The van der Waals surface area contributed by atoms with Crippen molar-refractivity contribution in [1.82, 2.24) is 5.32 Å². The maximum absolute atomic E-state index is 13.3. The van der Waals surface area contributed by atoms with Crippen molar-refractivity contribution in [2.45, 2.75) is 56.4 Å². The summed E-state index contributed by atoms with van der Waals surface area (Å²) in [7, 11) is -1.94. The monoisotopic (exact) mass is 556 g/mol. The summed E-state index contributed by atoms with van der Waals surface area (Å²) in [5.41, 5.74) is 2.59. The molecule has 1 atom stereocenters. The van der Waals surface area contributed by atoms with Gasteiger partial charge in [0.25, 0.3) is 10.0 Å². The second kappa shape index (κ2) is 12.3. The molecule has 0 spiro atoms. The molecule has 0 bridgehead atoms. The first-order chi connectivity index (χ1) is 14.9. The highest BCUT2D eigenvalue weighted by Crippen LogP contribution is 2.40. The van der Waals surface area contributed by atoms with Gasteiger partial charge in [-0.15, -0.1) is 0 Å². The van der Waals surface area contributed by atoms with Crippen molar-refractivity contribution in [2.24, 2.45) is 0 Å². The van der Waals surface area contributed by atoms with Gasteiger partial charge in [0.05, 0.1) is 16.6 Å². The number of benzene rings is 2. The number of rotatable bonds is 8. The third-order valence-corrected chi connectivity index (χ3v) is 7.89. The Bertz CT molecular complexity index is 1000. The van der Waals surface area contributed by atoms with Crippen LogP contribution < -0.4 is 9.62 Å². The summed E-state index contributed by atoms with van der Waals surface area (Å²) >= 11 is 2.18. The minimum absolute atomic E-state index is 0.126. The van der Waals surface area contributed by atoms with Crippen LogP contribution in [0.15, 0.2) is 47.4 Å². The van der Waals surface area contributed by atoms with Crippen molar-refractivity contribution in [3.63, 3.8) is 0 Å². The van der Waals surface area contributed by atoms with Crippen molar-refractivity contribution in [2.75, 3.05) is 17.9 Å². The predicted octanol–water partition coefficient (Wildman–Crippen LogP) is 4.89. The largest absolute Gasteiger partial charge is 0.373 e. The second-order valence-corrected chi connectivity index (χ2v) is 10.6. The molecule has 1 aliphatic rings. The topological polar surface area (TPSA) is 83.6 Å². The molecule has 0 saturated heterocycles. The molecule has 1 heterocycles. The summed E-state index contributed by atoms with van der Waals surface area (Å²) in [6.45, 7) is 3.11. The lowest BCUT2D eigenvalue weighted by Crippen LogP contribution is -2.26. The molecule has 31 heavy (non-hydrogen) atoms. The summed E-state index contributed by atoms with van der Waals surface area (Å²) < 4.78 is 28.9. The second-order valence-electron chi connectivity index (χ2n) is 7.45.